The maximum Gasteiger partial charge on any atom is 0.255 e. The van der Waals surface area contributed by atoms with Gasteiger partial charge in [-0.2, -0.15) is 0 Å². The summed E-state index contributed by atoms with van der Waals surface area (Å²) in [6, 6.07) is 9.64. The number of amides is 1. The summed E-state index contributed by atoms with van der Waals surface area (Å²) < 4.78 is 41.3. The number of hydrogen-bond donors (Lipinski definition) is 1. The Hall–Kier alpha value is -2.41. The summed E-state index contributed by atoms with van der Waals surface area (Å²) in [6.45, 7) is 0. The van der Waals surface area contributed by atoms with Crippen molar-refractivity contribution in [2.24, 2.45) is 0 Å². The van der Waals surface area contributed by atoms with Gasteiger partial charge in [0.2, 0.25) is 0 Å². The molecule has 0 saturated carbocycles. The van der Waals surface area contributed by atoms with E-state index >= 15 is 0 Å². The molecule has 7 heteroatoms. The van der Waals surface area contributed by atoms with Gasteiger partial charge in [0.1, 0.15) is 0 Å². The summed E-state index contributed by atoms with van der Waals surface area (Å²) in [5, 5.41) is 2.52. The van der Waals surface area contributed by atoms with Crippen molar-refractivity contribution in [2.45, 2.75) is 4.90 Å². The van der Waals surface area contributed by atoms with Gasteiger partial charge < -0.3 is 10.1 Å². The number of sulfone groups is 1. The summed E-state index contributed by atoms with van der Waals surface area (Å²) in [5.74, 6) is -1.16. The van der Waals surface area contributed by atoms with Gasteiger partial charge in [0.15, 0.2) is 21.4 Å². The molecule has 0 aliphatic carbocycles. The van der Waals surface area contributed by atoms with Crippen LogP contribution >= 0.6 is 0 Å². The van der Waals surface area contributed by atoms with Crippen LogP contribution in [0.4, 0.5) is 10.1 Å². The molecule has 5 nitrogen and oxygen atoms in total. The molecule has 0 aliphatic heterocycles. The Balaban J connectivity index is 2.24. The van der Waals surface area contributed by atoms with Crippen molar-refractivity contribution in [3.05, 3.63) is 53.8 Å². The molecular weight excluding hydrogens is 309 g/mol. The molecule has 1 amide bonds. The Morgan fingerprint density at radius 3 is 2.50 bits per heavy atom. The predicted molar refractivity (Wildman–Crippen MR) is 80.5 cm³/mol. The highest BCUT2D eigenvalue weighted by molar-refractivity contribution is 7.90. The van der Waals surface area contributed by atoms with Crippen LogP contribution in [0.1, 0.15) is 10.4 Å². The van der Waals surface area contributed by atoms with Crippen LogP contribution < -0.4 is 10.1 Å². The fourth-order valence-corrected chi connectivity index (χ4v) is 2.48. The van der Waals surface area contributed by atoms with Crippen LogP contribution in [0, 0.1) is 5.82 Å². The molecule has 0 spiro atoms. The van der Waals surface area contributed by atoms with E-state index < -0.39 is 21.6 Å². The molecule has 0 saturated heterocycles. The minimum absolute atomic E-state index is 0.0376. The summed E-state index contributed by atoms with van der Waals surface area (Å²) in [6.07, 6.45) is 1.08. The van der Waals surface area contributed by atoms with Crippen LogP contribution in [0.3, 0.4) is 0 Å². The average Bonchev–Trinajstić information content (AvgIpc) is 2.46. The van der Waals surface area contributed by atoms with Crippen LogP contribution in [0.15, 0.2) is 47.4 Å². The van der Waals surface area contributed by atoms with E-state index in [2.05, 4.69) is 5.32 Å². The molecule has 0 heterocycles. The van der Waals surface area contributed by atoms with E-state index in [1.165, 1.54) is 37.4 Å². The molecule has 0 radical (unpaired) electrons. The molecule has 22 heavy (non-hydrogen) atoms. The molecule has 2 aromatic carbocycles. The van der Waals surface area contributed by atoms with Gasteiger partial charge in [0, 0.05) is 17.5 Å². The number of hydrogen-bond acceptors (Lipinski definition) is 4. The van der Waals surface area contributed by atoms with Crippen molar-refractivity contribution < 1.29 is 22.3 Å². The number of carbonyl (C=O) groups excluding carboxylic acids is 1. The van der Waals surface area contributed by atoms with E-state index in [1.54, 1.807) is 6.07 Å². The minimum atomic E-state index is -3.37. The lowest BCUT2D eigenvalue weighted by Crippen LogP contribution is -2.12. The van der Waals surface area contributed by atoms with E-state index in [-0.39, 0.29) is 16.2 Å². The fraction of sp³-hybridized carbons (Fsp3) is 0.133. The highest BCUT2D eigenvalue weighted by Crippen LogP contribution is 2.20. The second kappa shape index (κ2) is 6.15. The number of ether oxygens (including phenoxy) is 1. The monoisotopic (exact) mass is 323 g/mol. The first-order valence-electron chi connectivity index (χ1n) is 6.26. The Labute approximate surface area is 127 Å². The van der Waals surface area contributed by atoms with E-state index in [4.69, 9.17) is 4.74 Å². The minimum Gasteiger partial charge on any atom is -0.494 e. The fourth-order valence-electron chi connectivity index (χ4n) is 1.82. The maximum absolute atomic E-state index is 13.6. The topological polar surface area (TPSA) is 72.5 Å². The largest absolute Gasteiger partial charge is 0.494 e. The third-order valence-corrected chi connectivity index (χ3v) is 4.04. The number of methoxy groups -OCH3 is 1. The van der Waals surface area contributed by atoms with Crippen molar-refractivity contribution in [3.63, 3.8) is 0 Å². The number of rotatable bonds is 4. The highest BCUT2D eigenvalue weighted by Gasteiger charge is 2.12. The van der Waals surface area contributed by atoms with E-state index in [0.29, 0.717) is 5.69 Å². The zero-order valence-corrected chi connectivity index (χ0v) is 12.8. The lowest BCUT2D eigenvalue weighted by atomic mass is 10.2. The van der Waals surface area contributed by atoms with Crippen LogP contribution in [-0.2, 0) is 9.84 Å². The second-order valence-electron chi connectivity index (χ2n) is 4.60. The number of nitrogens with one attached hydrogen (secondary N) is 1. The van der Waals surface area contributed by atoms with Crippen LogP contribution in [0.5, 0.6) is 5.75 Å². The molecule has 116 valence electrons. The van der Waals surface area contributed by atoms with Gasteiger partial charge in [-0.1, -0.05) is 6.07 Å². The normalized spacial score (nSPS) is 11.0. The van der Waals surface area contributed by atoms with E-state index in [1.807, 2.05) is 0 Å². The molecular formula is C15H14FNO4S. The van der Waals surface area contributed by atoms with E-state index in [9.17, 15) is 17.6 Å². The highest BCUT2D eigenvalue weighted by atomic mass is 32.2. The number of carbonyl (C=O) groups is 1. The summed E-state index contributed by atoms with van der Waals surface area (Å²) in [4.78, 5) is 12.1. The van der Waals surface area contributed by atoms with E-state index in [0.717, 1.165) is 12.3 Å². The lowest BCUT2D eigenvalue weighted by molar-refractivity contribution is 0.102. The molecule has 1 N–H and O–H groups in total. The molecule has 0 aromatic heterocycles. The third kappa shape index (κ3) is 3.62. The number of anilines is 1. The van der Waals surface area contributed by atoms with Gasteiger partial charge in [-0.3, -0.25) is 4.79 Å². The third-order valence-electron chi connectivity index (χ3n) is 2.93. The van der Waals surface area contributed by atoms with Crippen LogP contribution in [0.2, 0.25) is 0 Å². The van der Waals surface area contributed by atoms with Crippen LogP contribution in [0.25, 0.3) is 0 Å². The first-order chi connectivity index (χ1) is 10.3. The molecule has 0 unspecified atom stereocenters. The Morgan fingerprint density at radius 2 is 1.91 bits per heavy atom. The van der Waals surface area contributed by atoms with Crippen LogP contribution in [-0.4, -0.2) is 27.7 Å². The standard InChI is InChI=1S/C15H14FNO4S/c1-21-14-7-6-10(8-13(14)16)15(18)17-11-4-3-5-12(9-11)22(2,19)20/h3-9H,1-2H3,(H,17,18). The van der Waals surface area contributed by atoms with Gasteiger partial charge in [-0.25, -0.2) is 12.8 Å². The Kier molecular flexibility index (Phi) is 4.46. The lowest BCUT2D eigenvalue weighted by Gasteiger charge is -2.08. The van der Waals surface area contributed by atoms with Crippen molar-refractivity contribution >= 4 is 21.4 Å². The zero-order valence-electron chi connectivity index (χ0n) is 12.0. The van der Waals surface area contributed by atoms with Gasteiger partial charge in [-0.15, -0.1) is 0 Å². The quantitative estimate of drug-likeness (QED) is 0.938. The molecule has 0 atom stereocenters. The number of halogens is 1. The van der Waals surface area contributed by atoms with Gasteiger partial charge in [-0.05, 0) is 36.4 Å². The zero-order chi connectivity index (χ0) is 16.3. The van der Waals surface area contributed by atoms with Crippen molar-refractivity contribution in [1.29, 1.82) is 0 Å². The van der Waals surface area contributed by atoms with Crippen molar-refractivity contribution in [3.8, 4) is 5.75 Å². The summed E-state index contributed by atoms with van der Waals surface area (Å²) in [5.41, 5.74) is 0.409. The second-order valence-corrected chi connectivity index (χ2v) is 6.62. The molecule has 0 fully saturated rings. The van der Waals surface area contributed by atoms with Crippen molar-refractivity contribution in [1.82, 2.24) is 0 Å². The molecule has 0 aliphatic rings. The van der Waals surface area contributed by atoms with Gasteiger partial charge in [0.05, 0.1) is 12.0 Å². The first kappa shape index (κ1) is 16.0. The summed E-state index contributed by atoms with van der Waals surface area (Å²) >= 11 is 0. The average molecular weight is 323 g/mol. The molecule has 0 bridgehead atoms. The van der Waals surface area contributed by atoms with Crippen molar-refractivity contribution in [2.75, 3.05) is 18.7 Å². The Morgan fingerprint density at radius 1 is 1.18 bits per heavy atom. The summed E-state index contributed by atoms with van der Waals surface area (Å²) in [7, 11) is -2.04. The number of benzene rings is 2. The molecule has 2 aromatic rings. The maximum atomic E-state index is 13.6. The SMILES string of the molecule is COc1ccc(C(=O)Nc2cccc(S(C)(=O)=O)c2)cc1F. The van der Waals surface area contributed by atoms with Gasteiger partial charge >= 0.3 is 0 Å². The predicted octanol–water partition coefficient (Wildman–Crippen LogP) is 2.49. The van der Waals surface area contributed by atoms with Gasteiger partial charge in [0.25, 0.3) is 5.91 Å². The Bertz CT molecular complexity index is 818. The molecule has 2 rings (SSSR count). The smallest absolute Gasteiger partial charge is 0.255 e. The first-order valence-corrected chi connectivity index (χ1v) is 8.15.